The quantitative estimate of drug-likeness (QED) is 0.699. The number of carbonyl (C=O) groups is 1. The van der Waals surface area contributed by atoms with Crippen LogP contribution < -0.4 is 9.80 Å². The van der Waals surface area contributed by atoms with Crippen LogP contribution in [0, 0.1) is 0 Å². The number of halogens is 3. The molecule has 0 spiro atoms. The first kappa shape index (κ1) is 21.9. The maximum absolute atomic E-state index is 13.3. The molecule has 0 saturated carbocycles. The van der Waals surface area contributed by atoms with E-state index in [4.69, 9.17) is 0 Å². The maximum Gasteiger partial charge on any atom is 0.419 e. The smallest absolute Gasteiger partial charge is 0.353 e. The number of nitrogens with zero attached hydrogens (tertiary/aromatic N) is 4. The van der Waals surface area contributed by atoms with Gasteiger partial charge >= 0.3 is 12.2 Å². The fourth-order valence-corrected chi connectivity index (χ4v) is 3.62. The molecule has 0 unspecified atom stereocenters. The second-order valence-electron chi connectivity index (χ2n) is 7.62. The number of amides is 2. The number of piperazine rings is 1. The summed E-state index contributed by atoms with van der Waals surface area (Å²) < 4.78 is 39.9. The zero-order chi connectivity index (χ0) is 21.9. The Morgan fingerprint density at radius 2 is 1.73 bits per heavy atom. The average Bonchev–Trinajstić information content (AvgIpc) is 2.74. The van der Waals surface area contributed by atoms with Gasteiger partial charge in [-0.05, 0) is 42.7 Å². The molecule has 1 aliphatic heterocycles. The Hall–Kier alpha value is -2.77. The second-order valence-corrected chi connectivity index (χ2v) is 7.62. The van der Waals surface area contributed by atoms with Gasteiger partial charge in [0.05, 0.1) is 5.56 Å². The van der Waals surface area contributed by atoms with Crippen molar-refractivity contribution >= 4 is 17.5 Å². The first-order valence-corrected chi connectivity index (χ1v) is 10.2. The zero-order valence-electron chi connectivity index (χ0n) is 17.5. The van der Waals surface area contributed by atoms with Crippen LogP contribution in [0.5, 0.6) is 0 Å². The monoisotopic (exact) mass is 420 g/mol. The molecule has 1 aliphatic rings. The van der Waals surface area contributed by atoms with Crippen molar-refractivity contribution in [3.8, 4) is 0 Å². The number of urea groups is 1. The van der Waals surface area contributed by atoms with Gasteiger partial charge in [0.2, 0.25) is 0 Å². The number of rotatable bonds is 4. The first-order chi connectivity index (χ1) is 14.2. The minimum absolute atomic E-state index is 0.0753. The molecule has 0 atom stereocenters. The Labute approximate surface area is 175 Å². The van der Waals surface area contributed by atoms with E-state index < -0.39 is 11.7 Å². The molecule has 1 fully saturated rings. The summed E-state index contributed by atoms with van der Waals surface area (Å²) in [6, 6.07) is 10.1. The van der Waals surface area contributed by atoms with Crippen molar-refractivity contribution in [1.29, 1.82) is 0 Å². The number of anilines is 2. The molecule has 1 aromatic heterocycles. The van der Waals surface area contributed by atoms with Gasteiger partial charge in [0.25, 0.3) is 0 Å². The largest absolute Gasteiger partial charge is 0.419 e. The lowest BCUT2D eigenvalue weighted by Crippen LogP contribution is -2.53. The summed E-state index contributed by atoms with van der Waals surface area (Å²) in [6.45, 7) is 7.94. The van der Waals surface area contributed by atoms with E-state index in [-0.39, 0.29) is 11.8 Å². The summed E-state index contributed by atoms with van der Waals surface area (Å²) in [5, 5.41) is 0. The first-order valence-electron chi connectivity index (χ1n) is 10.2. The molecule has 0 bridgehead atoms. The van der Waals surface area contributed by atoms with Crippen LogP contribution in [0.2, 0.25) is 0 Å². The second kappa shape index (κ2) is 8.93. The molecule has 30 heavy (non-hydrogen) atoms. The van der Waals surface area contributed by atoms with Gasteiger partial charge in [-0.15, -0.1) is 0 Å². The highest BCUT2D eigenvalue weighted by molar-refractivity contribution is 5.92. The van der Waals surface area contributed by atoms with E-state index in [1.807, 2.05) is 31.2 Å². The van der Waals surface area contributed by atoms with Gasteiger partial charge < -0.3 is 9.80 Å². The van der Waals surface area contributed by atoms with Crippen molar-refractivity contribution in [2.45, 2.75) is 32.9 Å². The summed E-state index contributed by atoms with van der Waals surface area (Å²) in [7, 11) is 0. The van der Waals surface area contributed by atoms with E-state index in [0.717, 1.165) is 11.8 Å². The van der Waals surface area contributed by atoms with Crippen LogP contribution in [-0.4, -0.2) is 48.6 Å². The average molecular weight is 420 g/mol. The van der Waals surface area contributed by atoms with Crippen LogP contribution in [0.4, 0.5) is 29.5 Å². The van der Waals surface area contributed by atoms with Crippen molar-refractivity contribution < 1.29 is 18.0 Å². The van der Waals surface area contributed by atoms with Gasteiger partial charge in [-0.3, -0.25) is 4.90 Å². The standard InChI is InChI=1S/C22H27F3N4O/c1-4-29(18-9-7-17(8-10-18)16(2)3)21(30)28-14-12-27(13-15-28)20-19(22(23,24)25)6-5-11-26-20/h5-11,16H,4,12-15H2,1-3H3. The third-order valence-corrected chi connectivity index (χ3v) is 5.36. The molecule has 5 nitrogen and oxygen atoms in total. The summed E-state index contributed by atoms with van der Waals surface area (Å²) in [4.78, 5) is 22.0. The molecule has 0 N–H and O–H groups in total. The van der Waals surface area contributed by atoms with Crippen LogP contribution >= 0.6 is 0 Å². The predicted octanol–water partition coefficient (Wildman–Crippen LogP) is 4.99. The lowest BCUT2D eigenvalue weighted by Gasteiger charge is -2.38. The van der Waals surface area contributed by atoms with Crippen LogP contribution in [0.25, 0.3) is 0 Å². The van der Waals surface area contributed by atoms with Crippen molar-refractivity contribution in [2.75, 3.05) is 42.5 Å². The molecule has 8 heteroatoms. The maximum atomic E-state index is 13.3. The molecule has 0 radical (unpaired) electrons. The highest BCUT2D eigenvalue weighted by atomic mass is 19.4. The van der Waals surface area contributed by atoms with Gasteiger partial charge in [0.15, 0.2) is 0 Å². The number of hydrogen-bond acceptors (Lipinski definition) is 3. The van der Waals surface area contributed by atoms with E-state index in [2.05, 4.69) is 18.8 Å². The molecule has 2 heterocycles. The molecule has 1 aromatic carbocycles. The number of pyridine rings is 1. The van der Waals surface area contributed by atoms with Gasteiger partial charge in [-0.1, -0.05) is 26.0 Å². The number of hydrogen-bond donors (Lipinski definition) is 0. The van der Waals surface area contributed by atoms with Crippen molar-refractivity contribution in [3.63, 3.8) is 0 Å². The van der Waals surface area contributed by atoms with Gasteiger partial charge in [-0.25, -0.2) is 9.78 Å². The van der Waals surface area contributed by atoms with Gasteiger partial charge in [0, 0.05) is 44.6 Å². The van der Waals surface area contributed by atoms with Crippen LogP contribution in [0.15, 0.2) is 42.6 Å². The lowest BCUT2D eigenvalue weighted by atomic mass is 10.0. The van der Waals surface area contributed by atoms with E-state index in [9.17, 15) is 18.0 Å². The lowest BCUT2D eigenvalue weighted by molar-refractivity contribution is -0.137. The van der Waals surface area contributed by atoms with Crippen LogP contribution in [0.3, 0.4) is 0 Å². The normalized spacial score (nSPS) is 14.9. The minimum atomic E-state index is -4.46. The summed E-state index contributed by atoms with van der Waals surface area (Å²) in [5.41, 5.74) is 1.27. The molecule has 0 aliphatic carbocycles. The number of alkyl halides is 3. The molecule has 162 valence electrons. The summed E-state index contributed by atoms with van der Waals surface area (Å²) >= 11 is 0. The Morgan fingerprint density at radius 3 is 2.27 bits per heavy atom. The van der Waals surface area contributed by atoms with E-state index in [0.29, 0.717) is 38.6 Å². The molecule has 3 rings (SSSR count). The Morgan fingerprint density at radius 1 is 1.10 bits per heavy atom. The SMILES string of the molecule is CCN(C(=O)N1CCN(c2ncccc2C(F)(F)F)CC1)c1ccc(C(C)C)cc1. The third kappa shape index (κ3) is 4.68. The summed E-state index contributed by atoms with van der Waals surface area (Å²) in [5.74, 6) is 0.333. The Kier molecular flexibility index (Phi) is 6.53. The van der Waals surface area contributed by atoms with E-state index in [1.165, 1.54) is 17.8 Å². The fraction of sp³-hybridized carbons (Fsp3) is 0.455. The highest BCUT2D eigenvalue weighted by Crippen LogP contribution is 2.35. The van der Waals surface area contributed by atoms with Crippen LogP contribution in [-0.2, 0) is 6.18 Å². The third-order valence-electron chi connectivity index (χ3n) is 5.36. The molecule has 2 aromatic rings. The Balaban J connectivity index is 1.69. The van der Waals surface area contributed by atoms with Gasteiger partial charge in [0.1, 0.15) is 5.82 Å². The number of carbonyl (C=O) groups excluding carboxylic acids is 1. The molecular weight excluding hydrogens is 393 g/mol. The number of aromatic nitrogens is 1. The Bertz CT molecular complexity index is 859. The minimum Gasteiger partial charge on any atom is -0.353 e. The topological polar surface area (TPSA) is 39.7 Å². The predicted molar refractivity (Wildman–Crippen MR) is 112 cm³/mol. The van der Waals surface area contributed by atoms with Gasteiger partial charge in [-0.2, -0.15) is 13.2 Å². The van der Waals surface area contributed by atoms with Crippen molar-refractivity contribution in [2.24, 2.45) is 0 Å². The fourth-order valence-electron chi connectivity index (χ4n) is 3.62. The van der Waals surface area contributed by atoms with Crippen molar-refractivity contribution in [1.82, 2.24) is 9.88 Å². The molecular formula is C22H27F3N4O. The van der Waals surface area contributed by atoms with Crippen molar-refractivity contribution in [3.05, 3.63) is 53.7 Å². The zero-order valence-corrected chi connectivity index (χ0v) is 17.5. The molecule has 2 amide bonds. The highest BCUT2D eigenvalue weighted by Gasteiger charge is 2.36. The summed E-state index contributed by atoms with van der Waals surface area (Å²) in [6.07, 6.45) is -3.10. The molecule has 1 saturated heterocycles. The van der Waals surface area contributed by atoms with Crippen LogP contribution in [0.1, 0.15) is 37.8 Å². The van der Waals surface area contributed by atoms with E-state index in [1.54, 1.807) is 14.7 Å². The van der Waals surface area contributed by atoms with E-state index >= 15 is 0 Å². The number of benzene rings is 1.